The first-order valence-electron chi connectivity index (χ1n) is 8.40. The van der Waals surface area contributed by atoms with Gasteiger partial charge in [0.2, 0.25) is 0 Å². The Kier molecular flexibility index (Phi) is 8.16. The lowest BCUT2D eigenvalue weighted by Gasteiger charge is -2.19. The average Bonchev–Trinajstić information content (AvgIpc) is 2.85. The third kappa shape index (κ3) is 9.28. The van der Waals surface area contributed by atoms with Crippen molar-refractivity contribution in [3.63, 3.8) is 0 Å². The van der Waals surface area contributed by atoms with Gasteiger partial charge in [0.1, 0.15) is 5.60 Å². The Hall–Kier alpha value is -1.50. The zero-order valence-electron chi connectivity index (χ0n) is 15.2. The van der Waals surface area contributed by atoms with Gasteiger partial charge < -0.3 is 25.6 Å². The Balaban J connectivity index is 2.07. The van der Waals surface area contributed by atoms with E-state index < -0.39 is 5.60 Å². The molecule has 0 bridgehead atoms. The largest absolute Gasteiger partial charge is 0.444 e. The number of aliphatic imine (C=N–C) groups is 1. The fourth-order valence-corrected chi connectivity index (χ4v) is 2.45. The summed E-state index contributed by atoms with van der Waals surface area (Å²) in [4.78, 5) is 18.1. The topological polar surface area (TPSA) is 78.0 Å². The minimum absolute atomic E-state index is 0.370. The highest BCUT2D eigenvalue weighted by molar-refractivity contribution is 5.79. The third-order valence-corrected chi connectivity index (χ3v) is 3.58. The SMILES string of the molecule is CN=C(NCCCNC(=O)OC(C)(C)C)NCC1CCN(C)C1. The van der Waals surface area contributed by atoms with Crippen molar-refractivity contribution >= 4 is 12.1 Å². The predicted molar refractivity (Wildman–Crippen MR) is 93.8 cm³/mol. The molecule has 7 heteroatoms. The van der Waals surface area contributed by atoms with Crippen LogP contribution >= 0.6 is 0 Å². The Morgan fingerprint density at radius 1 is 1.26 bits per heavy atom. The van der Waals surface area contributed by atoms with Gasteiger partial charge in [-0.1, -0.05) is 0 Å². The molecule has 1 aliphatic heterocycles. The quantitative estimate of drug-likeness (QED) is 0.386. The number of hydrogen-bond donors (Lipinski definition) is 3. The minimum atomic E-state index is -0.456. The molecule has 1 rings (SSSR count). The van der Waals surface area contributed by atoms with Crippen LogP contribution in [-0.4, -0.2) is 69.4 Å². The smallest absolute Gasteiger partial charge is 0.407 e. The van der Waals surface area contributed by atoms with Crippen molar-refractivity contribution in [2.75, 3.05) is 46.8 Å². The van der Waals surface area contributed by atoms with Gasteiger partial charge in [-0.3, -0.25) is 4.99 Å². The van der Waals surface area contributed by atoms with Crippen LogP contribution < -0.4 is 16.0 Å². The molecule has 134 valence electrons. The number of rotatable bonds is 6. The minimum Gasteiger partial charge on any atom is -0.444 e. The second kappa shape index (κ2) is 9.60. The van der Waals surface area contributed by atoms with Crippen molar-refractivity contribution < 1.29 is 9.53 Å². The summed E-state index contributed by atoms with van der Waals surface area (Å²) >= 11 is 0. The molecular formula is C16H33N5O2. The van der Waals surface area contributed by atoms with Gasteiger partial charge in [0.15, 0.2) is 5.96 Å². The number of carbonyl (C=O) groups excluding carboxylic acids is 1. The summed E-state index contributed by atoms with van der Waals surface area (Å²) < 4.78 is 5.18. The second-order valence-corrected chi connectivity index (χ2v) is 7.08. The molecular weight excluding hydrogens is 294 g/mol. The van der Waals surface area contributed by atoms with Gasteiger partial charge in [-0.15, -0.1) is 0 Å². The lowest BCUT2D eigenvalue weighted by molar-refractivity contribution is 0.0527. The van der Waals surface area contributed by atoms with Crippen LogP contribution in [0, 0.1) is 5.92 Å². The average molecular weight is 327 g/mol. The van der Waals surface area contributed by atoms with Crippen molar-refractivity contribution in [3.05, 3.63) is 0 Å². The molecule has 0 aromatic heterocycles. The molecule has 1 atom stereocenters. The first-order valence-corrected chi connectivity index (χ1v) is 8.40. The molecule has 1 saturated heterocycles. The maximum atomic E-state index is 11.5. The van der Waals surface area contributed by atoms with Crippen LogP contribution in [0.2, 0.25) is 0 Å². The molecule has 0 aromatic carbocycles. The van der Waals surface area contributed by atoms with E-state index >= 15 is 0 Å². The van der Waals surface area contributed by atoms with Gasteiger partial charge in [0.25, 0.3) is 0 Å². The Labute approximate surface area is 140 Å². The zero-order valence-corrected chi connectivity index (χ0v) is 15.2. The number of carbonyl (C=O) groups is 1. The lowest BCUT2D eigenvalue weighted by atomic mass is 10.1. The number of ether oxygens (including phenoxy) is 1. The van der Waals surface area contributed by atoms with Crippen LogP contribution in [0.1, 0.15) is 33.6 Å². The molecule has 0 saturated carbocycles. The van der Waals surface area contributed by atoms with Crippen molar-refractivity contribution in [1.29, 1.82) is 0 Å². The van der Waals surface area contributed by atoms with E-state index in [1.165, 1.54) is 13.0 Å². The van der Waals surface area contributed by atoms with Gasteiger partial charge >= 0.3 is 6.09 Å². The first-order chi connectivity index (χ1) is 10.8. The molecule has 1 amide bonds. The maximum Gasteiger partial charge on any atom is 0.407 e. The number of guanidine groups is 1. The number of likely N-dealkylation sites (tertiary alicyclic amines) is 1. The van der Waals surface area contributed by atoms with E-state index in [1.807, 2.05) is 20.8 Å². The number of hydrogen-bond acceptors (Lipinski definition) is 4. The lowest BCUT2D eigenvalue weighted by Crippen LogP contribution is -2.41. The molecule has 23 heavy (non-hydrogen) atoms. The second-order valence-electron chi connectivity index (χ2n) is 7.08. The fourth-order valence-electron chi connectivity index (χ4n) is 2.45. The summed E-state index contributed by atoms with van der Waals surface area (Å²) in [7, 11) is 3.93. The monoisotopic (exact) mass is 327 g/mol. The number of nitrogens with zero attached hydrogens (tertiary/aromatic N) is 2. The molecule has 1 heterocycles. The summed E-state index contributed by atoms with van der Waals surface area (Å²) in [5, 5.41) is 9.37. The van der Waals surface area contributed by atoms with Gasteiger partial charge in [0.05, 0.1) is 0 Å². The van der Waals surface area contributed by atoms with Crippen LogP contribution in [-0.2, 0) is 4.74 Å². The van der Waals surface area contributed by atoms with Gasteiger partial charge in [-0.05, 0) is 53.1 Å². The summed E-state index contributed by atoms with van der Waals surface area (Å²) in [6.45, 7) is 10.1. The Bertz CT molecular complexity index is 392. The van der Waals surface area contributed by atoms with Crippen molar-refractivity contribution in [2.24, 2.45) is 10.9 Å². The summed E-state index contributed by atoms with van der Waals surface area (Å²) in [5.74, 6) is 1.50. The van der Waals surface area contributed by atoms with E-state index in [1.54, 1.807) is 7.05 Å². The van der Waals surface area contributed by atoms with E-state index in [9.17, 15) is 4.79 Å². The third-order valence-electron chi connectivity index (χ3n) is 3.58. The molecule has 1 fully saturated rings. The number of amides is 1. The maximum absolute atomic E-state index is 11.5. The molecule has 1 aliphatic rings. The van der Waals surface area contributed by atoms with Crippen molar-refractivity contribution in [3.8, 4) is 0 Å². The first kappa shape index (κ1) is 19.5. The predicted octanol–water partition coefficient (Wildman–Crippen LogP) is 1.02. The molecule has 7 nitrogen and oxygen atoms in total. The van der Waals surface area contributed by atoms with Crippen LogP contribution in [0.15, 0.2) is 4.99 Å². The van der Waals surface area contributed by atoms with Crippen LogP contribution in [0.5, 0.6) is 0 Å². The van der Waals surface area contributed by atoms with Gasteiger partial charge in [-0.2, -0.15) is 0 Å². The van der Waals surface area contributed by atoms with E-state index in [2.05, 4.69) is 32.9 Å². The fraction of sp³-hybridized carbons (Fsp3) is 0.875. The molecule has 0 radical (unpaired) electrons. The molecule has 1 unspecified atom stereocenters. The van der Waals surface area contributed by atoms with E-state index in [0.29, 0.717) is 12.5 Å². The highest BCUT2D eigenvalue weighted by Gasteiger charge is 2.19. The summed E-state index contributed by atoms with van der Waals surface area (Å²) in [5.41, 5.74) is -0.456. The highest BCUT2D eigenvalue weighted by atomic mass is 16.6. The van der Waals surface area contributed by atoms with E-state index in [0.717, 1.165) is 32.0 Å². The van der Waals surface area contributed by atoms with Crippen LogP contribution in [0.25, 0.3) is 0 Å². The van der Waals surface area contributed by atoms with Crippen molar-refractivity contribution in [2.45, 2.75) is 39.2 Å². The number of nitrogens with one attached hydrogen (secondary N) is 3. The van der Waals surface area contributed by atoms with Gasteiger partial charge in [0, 0.05) is 33.2 Å². The number of alkyl carbamates (subject to hydrolysis) is 1. The Morgan fingerprint density at radius 3 is 2.52 bits per heavy atom. The normalized spacial score (nSPS) is 19.5. The van der Waals surface area contributed by atoms with Crippen molar-refractivity contribution in [1.82, 2.24) is 20.9 Å². The molecule has 0 aliphatic carbocycles. The van der Waals surface area contributed by atoms with E-state index in [4.69, 9.17) is 4.74 Å². The standard InChI is InChI=1S/C16H33N5O2/c1-16(2,3)23-15(22)19-9-6-8-18-14(17-4)20-11-13-7-10-21(5)12-13/h13H,6-12H2,1-5H3,(H,19,22)(H2,17,18,20). The molecule has 0 aromatic rings. The highest BCUT2D eigenvalue weighted by Crippen LogP contribution is 2.12. The van der Waals surface area contributed by atoms with E-state index in [-0.39, 0.29) is 6.09 Å². The summed E-state index contributed by atoms with van der Waals surface area (Å²) in [6, 6.07) is 0. The Morgan fingerprint density at radius 2 is 1.96 bits per heavy atom. The molecule has 0 spiro atoms. The van der Waals surface area contributed by atoms with Crippen LogP contribution in [0.3, 0.4) is 0 Å². The zero-order chi connectivity index (χ0) is 17.3. The molecule has 3 N–H and O–H groups in total. The summed E-state index contributed by atoms with van der Waals surface area (Å²) in [6.07, 6.45) is 1.68. The van der Waals surface area contributed by atoms with Crippen LogP contribution in [0.4, 0.5) is 4.79 Å². The van der Waals surface area contributed by atoms with Gasteiger partial charge in [-0.25, -0.2) is 4.79 Å².